The molecule has 150 valence electrons. The van der Waals surface area contributed by atoms with Gasteiger partial charge in [0.15, 0.2) is 6.61 Å². The lowest BCUT2D eigenvalue weighted by Gasteiger charge is -2.18. The van der Waals surface area contributed by atoms with Crippen LogP contribution in [-0.2, 0) is 11.2 Å². The molecule has 0 radical (unpaired) electrons. The molecule has 7 heteroatoms. The lowest BCUT2D eigenvalue weighted by atomic mass is 10.1. The number of carbonyl (C=O) groups is 3. The lowest BCUT2D eigenvalue weighted by Crippen LogP contribution is -2.31. The van der Waals surface area contributed by atoms with E-state index in [1.165, 1.54) is 4.90 Å². The number of nitrogens with zero attached hydrogens (tertiary/aromatic N) is 1. The fourth-order valence-electron chi connectivity index (χ4n) is 3.61. The van der Waals surface area contributed by atoms with Crippen molar-refractivity contribution >= 4 is 23.4 Å². The molecular formula is C22H23N3O4. The Balaban J connectivity index is 1.15. The highest BCUT2D eigenvalue weighted by molar-refractivity contribution is 6.21. The second-order valence-electron chi connectivity index (χ2n) is 7.18. The first-order chi connectivity index (χ1) is 14.1. The van der Waals surface area contributed by atoms with Gasteiger partial charge in [-0.15, -0.1) is 0 Å². The normalized spacial score (nSPS) is 15.0. The monoisotopic (exact) mass is 393 g/mol. The molecular weight excluding hydrogens is 370 g/mol. The van der Waals surface area contributed by atoms with Gasteiger partial charge in [0.1, 0.15) is 5.75 Å². The third-order valence-corrected chi connectivity index (χ3v) is 5.13. The molecule has 0 spiro atoms. The molecule has 2 heterocycles. The zero-order chi connectivity index (χ0) is 20.2. The summed E-state index contributed by atoms with van der Waals surface area (Å²) in [5.41, 5.74) is 2.84. The third kappa shape index (κ3) is 4.14. The van der Waals surface area contributed by atoms with Crippen molar-refractivity contribution in [1.82, 2.24) is 10.2 Å². The van der Waals surface area contributed by atoms with E-state index in [0.29, 0.717) is 23.4 Å². The Kier molecular flexibility index (Phi) is 5.57. The topological polar surface area (TPSA) is 87.7 Å². The second-order valence-corrected chi connectivity index (χ2v) is 7.18. The Bertz CT molecular complexity index is 922. The SMILES string of the molecule is O=C1COc2ccc(CCNCCCCN3C(=O)c4ccccc4C3=O)cc2N1. The van der Waals surface area contributed by atoms with Gasteiger partial charge in [0.2, 0.25) is 0 Å². The van der Waals surface area contributed by atoms with Crippen LogP contribution in [0.2, 0.25) is 0 Å². The highest BCUT2D eigenvalue weighted by atomic mass is 16.5. The van der Waals surface area contributed by atoms with E-state index in [1.54, 1.807) is 24.3 Å². The molecule has 3 amide bonds. The zero-order valence-electron chi connectivity index (χ0n) is 16.1. The largest absolute Gasteiger partial charge is 0.482 e. The molecule has 0 saturated heterocycles. The second kappa shape index (κ2) is 8.45. The van der Waals surface area contributed by atoms with Crippen LogP contribution in [0.15, 0.2) is 42.5 Å². The maximum absolute atomic E-state index is 12.3. The van der Waals surface area contributed by atoms with Crippen LogP contribution in [0.5, 0.6) is 5.75 Å². The number of hydrogen-bond acceptors (Lipinski definition) is 5. The van der Waals surface area contributed by atoms with Crippen molar-refractivity contribution in [2.45, 2.75) is 19.3 Å². The average molecular weight is 393 g/mol. The molecule has 0 atom stereocenters. The Morgan fingerprint density at radius 2 is 1.72 bits per heavy atom. The van der Waals surface area contributed by atoms with Crippen LogP contribution in [0.1, 0.15) is 39.1 Å². The standard InChI is InChI=1S/C22H23N3O4/c26-20-14-29-19-8-7-15(13-18(19)24-20)9-11-23-10-3-4-12-25-21(27)16-5-1-2-6-17(16)22(25)28/h1-2,5-8,13,23H,3-4,9-12,14H2,(H,24,26). The minimum absolute atomic E-state index is 0.0641. The van der Waals surface area contributed by atoms with Gasteiger partial charge in [0.25, 0.3) is 17.7 Å². The molecule has 2 N–H and O–H groups in total. The zero-order valence-corrected chi connectivity index (χ0v) is 16.1. The van der Waals surface area contributed by atoms with Gasteiger partial charge in [-0.05, 0) is 62.2 Å². The van der Waals surface area contributed by atoms with Gasteiger partial charge in [0.05, 0.1) is 16.8 Å². The highest BCUT2D eigenvalue weighted by Gasteiger charge is 2.34. The summed E-state index contributed by atoms with van der Waals surface area (Å²) in [4.78, 5) is 37.4. The molecule has 0 aliphatic carbocycles. The summed E-state index contributed by atoms with van der Waals surface area (Å²) in [5, 5.41) is 6.20. The number of fused-ring (bicyclic) bond motifs is 2. The van der Waals surface area contributed by atoms with Crippen molar-refractivity contribution in [3.05, 3.63) is 59.2 Å². The molecule has 0 aromatic heterocycles. The first-order valence-corrected chi connectivity index (χ1v) is 9.85. The molecule has 29 heavy (non-hydrogen) atoms. The van der Waals surface area contributed by atoms with E-state index >= 15 is 0 Å². The average Bonchev–Trinajstić information content (AvgIpc) is 2.97. The summed E-state index contributed by atoms with van der Waals surface area (Å²) in [5.74, 6) is 0.185. The molecule has 2 aromatic rings. The third-order valence-electron chi connectivity index (χ3n) is 5.13. The van der Waals surface area contributed by atoms with Gasteiger partial charge in [-0.1, -0.05) is 18.2 Å². The Morgan fingerprint density at radius 3 is 2.48 bits per heavy atom. The number of ether oxygens (including phenoxy) is 1. The van der Waals surface area contributed by atoms with Crippen LogP contribution < -0.4 is 15.4 Å². The molecule has 2 aromatic carbocycles. The number of rotatable bonds is 8. The van der Waals surface area contributed by atoms with Crippen LogP contribution in [0.3, 0.4) is 0 Å². The molecule has 2 aliphatic rings. The van der Waals surface area contributed by atoms with E-state index in [2.05, 4.69) is 10.6 Å². The van der Waals surface area contributed by atoms with Gasteiger partial charge in [-0.25, -0.2) is 0 Å². The Hall–Kier alpha value is -3.19. The fraction of sp³-hybridized carbons (Fsp3) is 0.318. The molecule has 2 aliphatic heterocycles. The van der Waals surface area contributed by atoms with Crippen LogP contribution in [0, 0.1) is 0 Å². The predicted molar refractivity (Wildman–Crippen MR) is 108 cm³/mol. The first-order valence-electron chi connectivity index (χ1n) is 9.85. The van der Waals surface area contributed by atoms with Crippen LogP contribution >= 0.6 is 0 Å². The number of amides is 3. The molecule has 0 bridgehead atoms. The number of benzene rings is 2. The van der Waals surface area contributed by atoms with Gasteiger partial charge < -0.3 is 15.4 Å². The van der Waals surface area contributed by atoms with E-state index in [1.807, 2.05) is 18.2 Å². The molecule has 0 fully saturated rings. The molecule has 0 unspecified atom stereocenters. The van der Waals surface area contributed by atoms with E-state index in [-0.39, 0.29) is 24.3 Å². The van der Waals surface area contributed by atoms with E-state index in [9.17, 15) is 14.4 Å². The summed E-state index contributed by atoms with van der Waals surface area (Å²) in [6.07, 6.45) is 2.48. The lowest BCUT2D eigenvalue weighted by molar-refractivity contribution is -0.118. The Morgan fingerprint density at radius 1 is 0.966 bits per heavy atom. The summed E-state index contributed by atoms with van der Waals surface area (Å²) >= 11 is 0. The Labute approximate surface area is 169 Å². The maximum Gasteiger partial charge on any atom is 0.262 e. The number of hydrogen-bond donors (Lipinski definition) is 2. The first kappa shape index (κ1) is 19.1. The smallest absolute Gasteiger partial charge is 0.262 e. The fourth-order valence-corrected chi connectivity index (χ4v) is 3.61. The van der Waals surface area contributed by atoms with Crippen molar-refractivity contribution in [3.63, 3.8) is 0 Å². The van der Waals surface area contributed by atoms with Crippen molar-refractivity contribution in [1.29, 1.82) is 0 Å². The summed E-state index contributed by atoms with van der Waals surface area (Å²) in [6.45, 7) is 2.13. The van der Waals surface area contributed by atoms with Crippen LogP contribution in [-0.4, -0.2) is 48.9 Å². The molecule has 4 rings (SSSR count). The van der Waals surface area contributed by atoms with Gasteiger partial charge in [0, 0.05) is 6.54 Å². The summed E-state index contributed by atoms with van der Waals surface area (Å²) in [6, 6.07) is 12.8. The molecule has 7 nitrogen and oxygen atoms in total. The number of anilines is 1. The van der Waals surface area contributed by atoms with E-state index in [0.717, 1.165) is 43.6 Å². The molecule has 0 saturated carbocycles. The van der Waals surface area contributed by atoms with E-state index < -0.39 is 0 Å². The maximum atomic E-state index is 12.3. The van der Waals surface area contributed by atoms with Crippen molar-refractivity contribution < 1.29 is 19.1 Å². The van der Waals surface area contributed by atoms with Crippen molar-refractivity contribution in [3.8, 4) is 5.75 Å². The van der Waals surface area contributed by atoms with Crippen molar-refractivity contribution in [2.24, 2.45) is 0 Å². The highest BCUT2D eigenvalue weighted by Crippen LogP contribution is 2.28. The number of unbranched alkanes of at least 4 members (excludes halogenated alkanes) is 1. The quantitative estimate of drug-likeness (QED) is 0.530. The van der Waals surface area contributed by atoms with Crippen LogP contribution in [0.4, 0.5) is 5.69 Å². The number of carbonyl (C=O) groups excluding carboxylic acids is 3. The summed E-state index contributed by atoms with van der Waals surface area (Å²) < 4.78 is 5.36. The number of nitrogens with one attached hydrogen (secondary N) is 2. The van der Waals surface area contributed by atoms with Gasteiger partial charge >= 0.3 is 0 Å². The van der Waals surface area contributed by atoms with Gasteiger partial charge in [-0.3, -0.25) is 19.3 Å². The van der Waals surface area contributed by atoms with Crippen LogP contribution in [0.25, 0.3) is 0 Å². The minimum atomic E-state index is -0.193. The van der Waals surface area contributed by atoms with E-state index in [4.69, 9.17) is 4.74 Å². The minimum Gasteiger partial charge on any atom is -0.482 e. The van der Waals surface area contributed by atoms with Gasteiger partial charge in [-0.2, -0.15) is 0 Å². The van der Waals surface area contributed by atoms with Crippen molar-refractivity contribution in [2.75, 3.05) is 31.6 Å². The predicted octanol–water partition coefficient (Wildman–Crippen LogP) is 2.23. The number of imide groups is 1. The summed E-state index contributed by atoms with van der Waals surface area (Å²) in [7, 11) is 0.